The van der Waals surface area contributed by atoms with Gasteiger partial charge in [0.1, 0.15) is 18.4 Å². The van der Waals surface area contributed by atoms with Crippen molar-refractivity contribution in [3.05, 3.63) is 93.7 Å². The maximum Gasteiger partial charge on any atom is 0.264 e. The Morgan fingerprint density at radius 3 is 2.10 bits per heavy atom. The van der Waals surface area contributed by atoms with E-state index in [9.17, 15) is 18.0 Å². The van der Waals surface area contributed by atoms with Gasteiger partial charge in [-0.2, -0.15) is 0 Å². The number of halogens is 3. The van der Waals surface area contributed by atoms with Crippen molar-refractivity contribution < 1.29 is 22.4 Å². The van der Waals surface area contributed by atoms with Gasteiger partial charge >= 0.3 is 0 Å². The quantitative estimate of drug-likeness (QED) is 0.255. The first kappa shape index (κ1) is 32.4. The number of benzene rings is 3. The first-order valence-corrected chi connectivity index (χ1v) is 15.5. The monoisotopic (exact) mass is 621 g/mol. The Kier molecular flexibility index (Phi) is 11.2. The first-order valence-electron chi connectivity index (χ1n) is 13.3. The Morgan fingerprint density at radius 1 is 0.927 bits per heavy atom. The summed E-state index contributed by atoms with van der Waals surface area (Å²) >= 11 is 12.8. The summed E-state index contributed by atoms with van der Waals surface area (Å²) < 4.78 is 43.5. The summed E-state index contributed by atoms with van der Waals surface area (Å²) in [7, 11) is -4.39. The standard InChI is InChI=1S/C30H34Cl2FN3O4S/c1-5-21(4)34-30(38)27(6-2)35(18-23-24(31)10-9-11-25(23)32)29(37)19-36(28-13-8-7-12-26(28)33)41(39,40)22-16-14-20(3)15-17-22/h7-17,21,27H,5-6,18-19H2,1-4H3,(H,34,38)/t21-,27-/m1/s1. The maximum atomic E-state index is 15.1. The van der Waals surface area contributed by atoms with Gasteiger partial charge in [0.25, 0.3) is 10.0 Å². The van der Waals surface area contributed by atoms with E-state index < -0.39 is 40.2 Å². The topological polar surface area (TPSA) is 86.8 Å². The van der Waals surface area contributed by atoms with Crippen LogP contribution in [0.1, 0.15) is 44.7 Å². The van der Waals surface area contributed by atoms with Crippen LogP contribution in [0.4, 0.5) is 10.1 Å². The number of rotatable bonds is 12. The molecule has 3 aromatic carbocycles. The fraction of sp³-hybridized carbons (Fsp3) is 0.333. The summed E-state index contributed by atoms with van der Waals surface area (Å²) in [6, 6.07) is 15.1. The van der Waals surface area contributed by atoms with Crippen LogP contribution in [0.2, 0.25) is 10.0 Å². The number of nitrogens with one attached hydrogen (secondary N) is 1. The zero-order valence-electron chi connectivity index (χ0n) is 23.4. The summed E-state index contributed by atoms with van der Waals surface area (Å²) in [5.74, 6) is -1.96. The highest BCUT2D eigenvalue weighted by atomic mass is 35.5. The van der Waals surface area contributed by atoms with Crippen LogP contribution in [0.25, 0.3) is 0 Å². The number of sulfonamides is 1. The van der Waals surface area contributed by atoms with Gasteiger partial charge in [0.2, 0.25) is 11.8 Å². The van der Waals surface area contributed by atoms with E-state index in [-0.39, 0.29) is 39.6 Å². The van der Waals surface area contributed by atoms with Crippen LogP contribution in [-0.4, -0.2) is 43.8 Å². The van der Waals surface area contributed by atoms with Crippen LogP contribution >= 0.6 is 23.2 Å². The van der Waals surface area contributed by atoms with E-state index >= 15 is 4.39 Å². The van der Waals surface area contributed by atoms with E-state index in [1.165, 1.54) is 35.2 Å². The molecule has 0 unspecified atom stereocenters. The lowest BCUT2D eigenvalue weighted by atomic mass is 10.1. The minimum atomic E-state index is -4.39. The second-order valence-corrected chi connectivity index (χ2v) is 12.4. The van der Waals surface area contributed by atoms with Crippen LogP contribution in [0.15, 0.2) is 71.6 Å². The van der Waals surface area contributed by atoms with Gasteiger partial charge in [-0.25, -0.2) is 12.8 Å². The van der Waals surface area contributed by atoms with Crippen LogP contribution < -0.4 is 9.62 Å². The molecule has 0 aromatic heterocycles. The molecule has 0 aliphatic heterocycles. The summed E-state index contributed by atoms with van der Waals surface area (Å²) in [6.07, 6.45) is 0.892. The number of carbonyl (C=O) groups is 2. The highest BCUT2D eigenvalue weighted by Crippen LogP contribution is 2.29. The van der Waals surface area contributed by atoms with Crippen LogP contribution in [-0.2, 0) is 26.2 Å². The van der Waals surface area contributed by atoms with Crippen molar-refractivity contribution in [1.82, 2.24) is 10.2 Å². The molecule has 11 heteroatoms. The molecule has 0 bridgehead atoms. The van der Waals surface area contributed by atoms with Crippen molar-refractivity contribution in [2.45, 2.75) is 64.1 Å². The number of para-hydroxylation sites is 1. The predicted octanol–water partition coefficient (Wildman–Crippen LogP) is 6.36. The summed E-state index contributed by atoms with van der Waals surface area (Å²) in [6.45, 7) is 6.37. The molecule has 41 heavy (non-hydrogen) atoms. The molecule has 0 aliphatic rings. The van der Waals surface area contributed by atoms with E-state index in [0.29, 0.717) is 12.0 Å². The third-order valence-corrected chi connectivity index (χ3v) is 9.27. The Labute approximate surface area is 251 Å². The van der Waals surface area contributed by atoms with Gasteiger partial charge in [0.15, 0.2) is 0 Å². The average Bonchev–Trinajstić information content (AvgIpc) is 2.93. The van der Waals surface area contributed by atoms with Gasteiger partial charge in [-0.05, 0) is 63.1 Å². The maximum absolute atomic E-state index is 15.1. The normalized spacial score (nSPS) is 12.9. The SMILES string of the molecule is CC[C@@H](C)NC(=O)[C@@H](CC)N(Cc1c(Cl)cccc1Cl)C(=O)CN(c1ccccc1F)S(=O)(=O)c1ccc(C)cc1. The number of nitrogens with zero attached hydrogens (tertiary/aromatic N) is 2. The Morgan fingerprint density at radius 2 is 1.54 bits per heavy atom. The van der Waals surface area contributed by atoms with Gasteiger partial charge in [-0.15, -0.1) is 0 Å². The summed E-state index contributed by atoms with van der Waals surface area (Å²) in [4.78, 5) is 28.6. The molecule has 0 saturated carbocycles. The fourth-order valence-electron chi connectivity index (χ4n) is 4.22. The molecule has 2 amide bonds. The second-order valence-electron chi connectivity index (χ2n) is 9.74. The van der Waals surface area contributed by atoms with Gasteiger partial charge in [0, 0.05) is 28.2 Å². The van der Waals surface area contributed by atoms with E-state index in [1.54, 1.807) is 37.3 Å². The number of hydrogen-bond donors (Lipinski definition) is 1. The third-order valence-electron chi connectivity index (χ3n) is 6.79. The highest BCUT2D eigenvalue weighted by Gasteiger charge is 2.35. The summed E-state index contributed by atoms with van der Waals surface area (Å²) in [5, 5.41) is 3.46. The average molecular weight is 623 g/mol. The highest BCUT2D eigenvalue weighted by molar-refractivity contribution is 7.92. The molecule has 3 aromatic rings. The smallest absolute Gasteiger partial charge is 0.264 e. The van der Waals surface area contributed by atoms with Crippen LogP contribution in [0, 0.1) is 12.7 Å². The van der Waals surface area contributed by atoms with Crippen molar-refractivity contribution in [3.8, 4) is 0 Å². The molecule has 2 atom stereocenters. The van der Waals surface area contributed by atoms with Crippen molar-refractivity contribution in [2.75, 3.05) is 10.8 Å². The van der Waals surface area contributed by atoms with E-state index in [2.05, 4.69) is 5.32 Å². The van der Waals surface area contributed by atoms with E-state index in [4.69, 9.17) is 23.2 Å². The number of amides is 2. The van der Waals surface area contributed by atoms with Crippen LogP contribution in [0.5, 0.6) is 0 Å². The summed E-state index contributed by atoms with van der Waals surface area (Å²) in [5.41, 5.74) is 0.936. The van der Waals surface area contributed by atoms with E-state index in [1.807, 2.05) is 20.8 Å². The molecular formula is C30H34Cl2FN3O4S. The number of aryl methyl sites for hydroxylation is 1. The van der Waals surface area contributed by atoms with Gasteiger partial charge in [-0.3, -0.25) is 13.9 Å². The molecular weight excluding hydrogens is 588 g/mol. The Balaban J connectivity index is 2.11. The molecule has 0 spiro atoms. The van der Waals surface area contributed by atoms with Gasteiger partial charge in [0.05, 0.1) is 10.6 Å². The van der Waals surface area contributed by atoms with Gasteiger partial charge < -0.3 is 10.2 Å². The molecule has 0 radical (unpaired) electrons. The molecule has 0 heterocycles. The van der Waals surface area contributed by atoms with Gasteiger partial charge in [-0.1, -0.05) is 72.9 Å². The molecule has 0 saturated heterocycles. The zero-order valence-corrected chi connectivity index (χ0v) is 25.7. The molecule has 0 aliphatic carbocycles. The predicted molar refractivity (Wildman–Crippen MR) is 161 cm³/mol. The Hall–Kier alpha value is -3.14. The zero-order chi connectivity index (χ0) is 30.3. The van der Waals surface area contributed by atoms with Crippen LogP contribution in [0.3, 0.4) is 0 Å². The van der Waals surface area contributed by atoms with Crippen molar-refractivity contribution in [2.24, 2.45) is 0 Å². The number of anilines is 1. The molecule has 0 fully saturated rings. The molecule has 7 nitrogen and oxygen atoms in total. The van der Waals surface area contributed by atoms with Crippen molar-refractivity contribution in [3.63, 3.8) is 0 Å². The molecule has 220 valence electrons. The lowest BCUT2D eigenvalue weighted by Gasteiger charge is -2.34. The second kappa shape index (κ2) is 14.2. The van der Waals surface area contributed by atoms with E-state index in [0.717, 1.165) is 15.9 Å². The minimum absolute atomic E-state index is 0.110. The van der Waals surface area contributed by atoms with Crippen molar-refractivity contribution >= 4 is 50.7 Å². The lowest BCUT2D eigenvalue weighted by molar-refractivity contribution is -0.140. The van der Waals surface area contributed by atoms with Crippen molar-refractivity contribution in [1.29, 1.82) is 0 Å². The number of carbonyl (C=O) groups excluding carboxylic acids is 2. The molecule has 1 N–H and O–H groups in total. The lowest BCUT2D eigenvalue weighted by Crippen LogP contribution is -2.53. The number of hydrogen-bond acceptors (Lipinski definition) is 4. The fourth-order valence-corrected chi connectivity index (χ4v) is 6.16. The third kappa shape index (κ3) is 7.78. The largest absolute Gasteiger partial charge is 0.352 e. The first-order chi connectivity index (χ1) is 19.4. The molecule has 3 rings (SSSR count). The minimum Gasteiger partial charge on any atom is -0.352 e. The Bertz CT molecular complexity index is 1470.